The molecule has 18 heavy (non-hydrogen) atoms. The van der Waals surface area contributed by atoms with Gasteiger partial charge in [0.05, 0.1) is 6.54 Å². The van der Waals surface area contributed by atoms with E-state index in [9.17, 15) is 4.79 Å². The molecule has 1 amide bonds. The van der Waals surface area contributed by atoms with Crippen LogP contribution in [0.15, 0.2) is 36.7 Å². The highest BCUT2D eigenvalue weighted by Crippen LogP contribution is 2.07. The van der Waals surface area contributed by atoms with Crippen molar-refractivity contribution in [1.29, 1.82) is 0 Å². The zero-order valence-corrected chi connectivity index (χ0v) is 10.3. The lowest BCUT2D eigenvalue weighted by atomic mass is 10.1. The van der Waals surface area contributed by atoms with Gasteiger partial charge < -0.3 is 15.6 Å². The lowest BCUT2D eigenvalue weighted by molar-refractivity contribution is 0.0999. The smallest absolute Gasteiger partial charge is 0.249 e. The minimum absolute atomic E-state index is 0.399. The molecule has 0 bridgehead atoms. The molecule has 0 aliphatic carbocycles. The molecule has 0 fully saturated rings. The molecule has 2 rings (SSSR count). The van der Waals surface area contributed by atoms with E-state index in [1.54, 1.807) is 12.3 Å². The Kier molecular flexibility index (Phi) is 3.74. The number of aryl methyl sites for hydroxylation is 1. The van der Waals surface area contributed by atoms with Crippen molar-refractivity contribution in [2.45, 2.75) is 13.1 Å². The number of hydrogen-bond donors (Lipinski definition) is 2. The van der Waals surface area contributed by atoms with Gasteiger partial charge in [-0.15, -0.1) is 0 Å². The second-order valence-electron chi connectivity index (χ2n) is 4.08. The summed E-state index contributed by atoms with van der Waals surface area (Å²) < 4.78 is 1.95. The van der Waals surface area contributed by atoms with Gasteiger partial charge in [-0.2, -0.15) is 0 Å². The van der Waals surface area contributed by atoms with Crippen molar-refractivity contribution in [3.8, 4) is 0 Å². The van der Waals surface area contributed by atoms with Gasteiger partial charge in [0.2, 0.25) is 5.91 Å². The van der Waals surface area contributed by atoms with E-state index in [-0.39, 0.29) is 0 Å². The summed E-state index contributed by atoms with van der Waals surface area (Å²) >= 11 is 0. The first-order valence-corrected chi connectivity index (χ1v) is 5.73. The summed E-state index contributed by atoms with van der Waals surface area (Å²) in [6, 6.07) is 7.33. The molecule has 2 aromatic rings. The van der Waals surface area contributed by atoms with E-state index in [1.807, 2.05) is 36.0 Å². The molecule has 0 spiro atoms. The predicted octanol–water partition coefficient (Wildman–Crippen LogP) is 0.809. The van der Waals surface area contributed by atoms with Crippen LogP contribution in [0.3, 0.4) is 0 Å². The second kappa shape index (κ2) is 5.46. The third-order valence-corrected chi connectivity index (χ3v) is 2.80. The molecule has 5 nitrogen and oxygen atoms in total. The molecule has 1 heterocycles. The number of primary amides is 1. The monoisotopic (exact) mass is 244 g/mol. The first-order valence-electron chi connectivity index (χ1n) is 5.73. The van der Waals surface area contributed by atoms with Crippen LogP contribution in [0.1, 0.15) is 21.7 Å². The van der Waals surface area contributed by atoms with Crippen molar-refractivity contribution in [3.05, 3.63) is 53.6 Å². The number of nitrogens with two attached hydrogens (primary N) is 1. The van der Waals surface area contributed by atoms with Crippen LogP contribution in [-0.4, -0.2) is 15.5 Å². The summed E-state index contributed by atoms with van der Waals surface area (Å²) in [7, 11) is 1.95. The average molecular weight is 244 g/mol. The minimum atomic E-state index is -0.399. The van der Waals surface area contributed by atoms with E-state index in [0.717, 1.165) is 11.4 Å². The van der Waals surface area contributed by atoms with E-state index < -0.39 is 5.91 Å². The van der Waals surface area contributed by atoms with E-state index >= 15 is 0 Å². The first kappa shape index (κ1) is 12.3. The maximum absolute atomic E-state index is 11.2. The fraction of sp³-hybridized carbons (Fsp3) is 0.231. The van der Waals surface area contributed by atoms with Crippen molar-refractivity contribution in [2.75, 3.05) is 0 Å². The molecule has 0 saturated heterocycles. The summed E-state index contributed by atoms with van der Waals surface area (Å²) in [5.74, 6) is 0.552. The lowest BCUT2D eigenvalue weighted by Crippen LogP contribution is -2.20. The van der Waals surface area contributed by atoms with Gasteiger partial charge in [0.15, 0.2) is 0 Å². The number of imidazole rings is 1. The molecule has 0 atom stereocenters. The van der Waals surface area contributed by atoms with Crippen LogP contribution in [0.2, 0.25) is 0 Å². The van der Waals surface area contributed by atoms with Gasteiger partial charge in [-0.1, -0.05) is 18.2 Å². The van der Waals surface area contributed by atoms with Gasteiger partial charge in [0.1, 0.15) is 5.82 Å². The predicted molar refractivity (Wildman–Crippen MR) is 68.7 cm³/mol. The largest absolute Gasteiger partial charge is 0.366 e. The molecule has 0 radical (unpaired) electrons. The zero-order valence-electron chi connectivity index (χ0n) is 10.3. The Balaban J connectivity index is 1.99. The van der Waals surface area contributed by atoms with E-state index in [4.69, 9.17) is 5.73 Å². The molecule has 1 aromatic heterocycles. The third kappa shape index (κ3) is 2.75. The van der Waals surface area contributed by atoms with Crippen molar-refractivity contribution in [3.63, 3.8) is 0 Å². The minimum Gasteiger partial charge on any atom is -0.366 e. The van der Waals surface area contributed by atoms with Crippen LogP contribution in [0, 0.1) is 0 Å². The molecule has 1 aromatic carbocycles. The Bertz CT molecular complexity index is 547. The van der Waals surface area contributed by atoms with Crippen molar-refractivity contribution in [2.24, 2.45) is 12.8 Å². The molecule has 0 aliphatic rings. The number of aromatic nitrogens is 2. The van der Waals surface area contributed by atoms with Crippen molar-refractivity contribution < 1.29 is 4.79 Å². The van der Waals surface area contributed by atoms with Gasteiger partial charge in [0.25, 0.3) is 0 Å². The number of nitrogens with zero attached hydrogens (tertiary/aromatic N) is 2. The molecular formula is C13H16N4O. The average Bonchev–Trinajstić information content (AvgIpc) is 2.76. The molecule has 5 heteroatoms. The maximum atomic E-state index is 11.2. The fourth-order valence-corrected chi connectivity index (χ4v) is 1.79. The van der Waals surface area contributed by atoms with E-state index in [2.05, 4.69) is 10.3 Å². The maximum Gasteiger partial charge on any atom is 0.249 e. The number of nitrogens with one attached hydrogen (secondary N) is 1. The van der Waals surface area contributed by atoms with Crippen LogP contribution in [0.5, 0.6) is 0 Å². The van der Waals surface area contributed by atoms with Gasteiger partial charge in [-0.05, 0) is 11.6 Å². The number of carbonyl (C=O) groups excluding carboxylic acids is 1. The Morgan fingerprint density at radius 1 is 1.39 bits per heavy atom. The highest BCUT2D eigenvalue weighted by atomic mass is 16.1. The molecule has 94 valence electrons. The summed E-state index contributed by atoms with van der Waals surface area (Å²) in [6.07, 6.45) is 3.66. The lowest BCUT2D eigenvalue weighted by Gasteiger charge is -2.08. The van der Waals surface area contributed by atoms with Crippen LogP contribution in [0.4, 0.5) is 0 Å². The summed E-state index contributed by atoms with van der Waals surface area (Å²) in [5, 5.41) is 3.25. The van der Waals surface area contributed by atoms with Gasteiger partial charge in [-0.25, -0.2) is 4.98 Å². The number of carbonyl (C=O) groups is 1. The Morgan fingerprint density at radius 3 is 2.83 bits per heavy atom. The van der Waals surface area contributed by atoms with Crippen LogP contribution < -0.4 is 11.1 Å². The molecular weight excluding hydrogens is 228 g/mol. The summed E-state index contributed by atoms with van der Waals surface area (Å²) in [6.45, 7) is 1.24. The molecule has 0 unspecified atom stereocenters. The van der Waals surface area contributed by atoms with Crippen LogP contribution in [-0.2, 0) is 20.1 Å². The highest BCUT2D eigenvalue weighted by Gasteiger charge is 2.06. The van der Waals surface area contributed by atoms with Gasteiger partial charge in [-0.3, -0.25) is 4.79 Å². The Labute approximate surface area is 106 Å². The summed E-state index contributed by atoms with van der Waals surface area (Å²) in [5.41, 5.74) is 6.78. The van der Waals surface area contributed by atoms with Gasteiger partial charge >= 0.3 is 0 Å². The van der Waals surface area contributed by atoms with Crippen LogP contribution >= 0.6 is 0 Å². The number of hydrogen-bond acceptors (Lipinski definition) is 3. The molecule has 3 N–H and O–H groups in total. The number of rotatable bonds is 5. The topological polar surface area (TPSA) is 72.9 Å². The SMILES string of the molecule is Cn1ccnc1CNCc1ccccc1C(N)=O. The second-order valence-corrected chi connectivity index (χ2v) is 4.08. The van der Waals surface area contributed by atoms with Crippen LogP contribution in [0.25, 0.3) is 0 Å². The third-order valence-electron chi connectivity index (χ3n) is 2.80. The highest BCUT2D eigenvalue weighted by molar-refractivity contribution is 5.94. The molecule has 0 saturated carbocycles. The Morgan fingerprint density at radius 2 is 2.17 bits per heavy atom. The van der Waals surface area contributed by atoms with Gasteiger partial charge in [0, 0.05) is 31.5 Å². The van der Waals surface area contributed by atoms with Crippen molar-refractivity contribution in [1.82, 2.24) is 14.9 Å². The summed E-state index contributed by atoms with van der Waals surface area (Å²) in [4.78, 5) is 15.5. The number of amides is 1. The number of benzene rings is 1. The Hall–Kier alpha value is -2.14. The standard InChI is InChI=1S/C13H16N4O/c1-17-7-6-16-12(17)9-15-8-10-4-2-3-5-11(10)13(14)18/h2-7,15H,8-9H2,1H3,(H2,14,18). The zero-order chi connectivity index (χ0) is 13.0. The quantitative estimate of drug-likeness (QED) is 0.817. The molecule has 0 aliphatic heterocycles. The first-order chi connectivity index (χ1) is 8.68. The normalized spacial score (nSPS) is 10.5. The van der Waals surface area contributed by atoms with E-state index in [0.29, 0.717) is 18.7 Å². The van der Waals surface area contributed by atoms with Crippen molar-refractivity contribution >= 4 is 5.91 Å². The van der Waals surface area contributed by atoms with E-state index in [1.165, 1.54) is 0 Å². The fourth-order valence-electron chi connectivity index (χ4n) is 1.79.